The molecule has 0 saturated carbocycles. The molecule has 0 aliphatic heterocycles. The van der Waals surface area contributed by atoms with Crippen LogP contribution in [0.4, 0.5) is 0 Å². The second kappa shape index (κ2) is 8.34. The maximum atomic E-state index is 11.7. The molecule has 0 bridgehead atoms. The molecular formula is C18H16N2O4S. The van der Waals surface area contributed by atoms with E-state index in [4.69, 9.17) is 9.15 Å². The summed E-state index contributed by atoms with van der Waals surface area (Å²) in [6.07, 6.45) is 0. The van der Waals surface area contributed by atoms with E-state index in [1.165, 1.54) is 0 Å². The summed E-state index contributed by atoms with van der Waals surface area (Å²) in [6.45, 7) is 0.0919. The molecule has 3 rings (SSSR count). The lowest BCUT2D eigenvalue weighted by atomic mass is 10.2. The van der Waals surface area contributed by atoms with Gasteiger partial charge in [0.25, 0.3) is 11.1 Å². The quantitative estimate of drug-likeness (QED) is 0.518. The van der Waals surface area contributed by atoms with Gasteiger partial charge in [-0.3, -0.25) is 9.59 Å². The monoisotopic (exact) mass is 356 g/mol. The Morgan fingerprint density at radius 3 is 2.64 bits per heavy atom. The molecule has 6 nitrogen and oxygen atoms in total. The van der Waals surface area contributed by atoms with Crippen LogP contribution < -0.4 is 5.32 Å². The van der Waals surface area contributed by atoms with Gasteiger partial charge in [0, 0.05) is 6.54 Å². The average molecular weight is 356 g/mol. The van der Waals surface area contributed by atoms with Crippen molar-refractivity contribution in [1.82, 2.24) is 10.3 Å². The van der Waals surface area contributed by atoms with Crippen molar-refractivity contribution in [1.29, 1.82) is 0 Å². The Bertz CT molecular complexity index is 831. The van der Waals surface area contributed by atoms with Gasteiger partial charge in [-0.25, -0.2) is 4.98 Å². The first-order chi connectivity index (χ1) is 12.2. The van der Waals surface area contributed by atoms with E-state index in [2.05, 4.69) is 10.3 Å². The number of thioether (sulfide) groups is 1. The summed E-state index contributed by atoms with van der Waals surface area (Å²) in [4.78, 5) is 27.7. The Labute approximate surface area is 148 Å². The van der Waals surface area contributed by atoms with Crippen LogP contribution in [-0.2, 0) is 20.9 Å². The average Bonchev–Trinajstić information content (AvgIpc) is 3.07. The molecule has 25 heavy (non-hydrogen) atoms. The van der Waals surface area contributed by atoms with Gasteiger partial charge in [-0.05, 0) is 17.7 Å². The van der Waals surface area contributed by atoms with Gasteiger partial charge in [-0.15, -0.1) is 0 Å². The maximum Gasteiger partial charge on any atom is 0.316 e. The molecule has 0 unspecified atom stereocenters. The molecule has 1 N–H and O–H groups in total. The number of nitrogens with one attached hydrogen (secondary N) is 1. The zero-order chi connectivity index (χ0) is 17.5. The third kappa shape index (κ3) is 5.09. The van der Waals surface area contributed by atoms with Crippen LogP contribution in [0.5, 0.6) is 0 Å². The highest BCUT2D eigenvalue weighted by Crippen LogP contribution is 2.22. The van der Waals surface area contributed by atoms with Crippen LogP contribution in [0.2, 0.25) is 0 Å². The summed E-state index contributed by atoms with van der Waals surface area (Å²) in [7, 11) is 0. The van der Waals surface area contributed by atoms with Crippen molar-refractivity contribution in [3.8, 4) is 0 Å². The minimum absolute atomic E-state index is 0.0266. The Morgan fingerprint density at radius 2 is 1.84 bits per heavy atom. The normalized spacial score (nSPS) is 10.6. The number of carbonyl (C=O) groups is 2. The van der Waals surface area contributed by atoms with E-state index in [-0.39, 0.29) is 18.3 Å². The minimum Gasteiger partial charge on any atom is -0.455 e. The lowest BCUT2D eigenvalue weighted by molar-refractivity contribution is -0.145. The highest BCUT2D eigenvalue weighted by molar-refractivity contribution is 7.99. The highest BCUT2D eigenvalue weighted by atomic mass is 32.2. The van der Waals surface area contributed by atoms with E-state index >= 15 is 0 Å². The van der Waals surface area contributed by atoms with Crippen molar-refractivity contribution in [3.05, 3.63) is 60.2 Å². The molecule has 0 atom stereocenters. The van der Waals surface area contributed by atoms with Crippen LogP contribution in [0, 0.1) is 0 Å². The minimum atomic E-state index is -0.498. The zero-order valence-corrected chi connectivity index (χ0v) is 14.1. The van der Waals surface area contributed by atoms with Crippen LogP contribution in [0.3, 0.4) is 0 Å². The first kappa shape index (κ1) is 17.0. The number of amides is 1. The van der Waals surface area contributed by atoms with Gasteiger partial charge in [-0.1, -0.05) is 54.2 Å². The maximum absolute atomic E-state index is 11.7. The zero-order valence-electron chi connectivity index (χ0n) is 13.3. The Morgan fingerprint density at radius 1 is 1.08 bits per heavy atom. The SMILES string of the molecule is O=C(COC(=O)CSc1nc2ccccc2o1)NCc1ccccc1. The van der Waals surface area contributed by atoms with Gasteiger partial charge in [-0.2, -0.15) is 0 Å². The second-order valence-electron chi connectivity index (χ2n) is 5.16. The highest BCUT2D eigenvalue weighted by Gasteiger charge is 2.11. The summed E-state index contributed by atoms with van der Waals surface area (Å²) < 4.78 is 10.4. The van der Waals surface area contributed by atoms with Gasteiger partial charge in [0.15, 0.2) is 12.2 Å². The first-order valence-corrected chi connectivity index (χ1v) is 8.64. The van der Waals surface area contributed by atoms with E-state index in [1.54, 1.807) is 0 Å². The molecule has 0 radical (unpaired) electrons. The molecule has 1 amide bonds. The summed E-state index contributed by atoms with van der Waals surface area (Å²) in [5, 5.41) is 3.09. The molecule has 0 aliphatic rings. The van der Waals surface area contributed by atoms with Crippen molar-refractivity contribution in [3.63, 3.8) is 0 Å². The number of hydrogen-bond donors (Lipinski definition) is 1. The molecule has 128 valence electrons. The number of aromatic nitrogens is 1. The summed E-state index contributed by atoms with van der Waals surface area (Å²) >= 11 is 1.13. The van der Waals surface area contributed by atoms with Crippen LogP contribution in [0.25, 0.3) is 11.1 Å². The molecule has 1 heterocycles. The molecule has 0 aliphatic carbocycles. The fourth-order valence-corrected chi connectivity index (χ4v) is 2.70. The molecule has 2 aromatic carbocycles. The number of nitrogens with zero attached hydrogens (tertiary/aromatic N) is 1. The number of benzene rings is 2. The third-order valence-electron chi connectivity index (χ3n) is 3.28. The van der Waals surface area contributed by atoms with Gasteiger partial charge in [0.05, 0.1) is 0 Å². The first-order valence-electron chi connectivity index (χ1n) is 7.65. The van der Waals surface area contributed by atoms with Crippen LogP contribution in [0.1, 0.15) is 5.56 Å². The Kier molecular flexibility index (Phi) is 5.69. The third-order valence-corrected chi connectivity index (χ3v) is 4.09. The summed E-state index contributed by atoms with van der Waals surface area (Å²) in [6, 6.07) is 16.9. The fourth-order valence-electron chi connectivity index (χ4n) is 2.07. The molecule has 3 aromatic rings. The smallest absolute Gasteiger partial charge is 0.316 e. The lowest BCUT2D eigenvalue weighted by Crippen LogP contribution is -2.28. The number of carbonyl (C=O) groups excluding carboxylic acids is 2. The predicted octanol–water partition coefficient (Wildman–Crippen LogP) is 2.78. The van der Waals surface area contributed by atoms with Gasteiger partial charge < -0.3 is 14.5 Å². The molecule has 7 heteroatoms. The standard InChI is InChI=1S/C18H16N2O4S/c21-16(19-10-13-6-2-1-3-7-13)11-23-17(22)12-25-18-20-14-8-4-5-9-15(14)24-18/h1-9H,10-12H2,(H,19,21). The Balaban J connectivity index is 1.38. The topological polar surface area (TPSA) is 81.4 Å². The number of para-hydroxylation sites is 2. The van der Waals surface area contributed by atoms with Crippen molar-refractivity contribution >= 4 is 34.7 Å². The largest absolute Gasteiger partial charge is 0.455 e. The second-order valence-corrected chi connectivity index (χ2v) is 6.09. The van der Waals surface area contributed by atoms with Crippen molar-refractivity contribution < 1.29 is 18.7 Å². The number of esters is 1. The van der Waals surface area contributed by atoms with Crippen molar-refractivity contribution in [2.45, 2.75) is 11.8 Å². The van der Waals surface area contributed by atoms with Crippen LogP contribution in [0.15, 0.2) is 64.2 Å². The van der Waals surface area contributed by atoms with Gasteiger partial charge >= 0.3 is 5.97 Å². The number of fused-ring (bicyclic) bond motifs is 1. The summed E-state index contributed by atoms with van der Waals surface area (Å²) in [5.74, 6) is -0.815. The van der Waals surface area contributed by atoms with Crippen molar-refractivity contribution in [2.24, 2.45) is 0 Å². The van der Waals surface area contributed by atoms with Gasteiger partial charge in [0.2, 0.25) is 0 Å². The molecule has 0 spiro atoms. The molecular weight excluding hydrogens is 340 g/mol. The van der Waals surface area contributed by atoms with Crippen molar-refractivity contribution in [2.75, 3.05) is 12.4 Å². The van der Waals surface area contributed by atoms with Crippen LogP contribution >= 0.6 is 11.8 Å². The van der Waals surface area contributed by atoms with E-state index < -0.39 is 5.97 Å². The number of hydrogen-bond acceptors (Lipinski definition) is 6. The Hall–Kier alpha value is -2.80. The summed E-state index contributed by atoms with van der Waals surface area (Å²) in [5.41, 5.74) is 2.38. The molecule has 0 fully saturated rings. The predicted molar refractivity (Wildman–Crippen MR) is 94.0 cm³/mol. The molecule has 1 aromatic heterocycles. The van der Waals surface area contributed by atoms with Crippen LogP contribution in [-0.4, -0.2) is 29.2 Å². The van der Waals surface area contributed by atoms with E-state index in [9.17, 15) is 9.59 Å². The fraction of sp³-hybridized carbons (Fsp3) is 0.167. The number of ether oxygens (including phenoxy) is 1. The lowest BCUT2D eigenvalue weighted by Gasteiger charge is -2.06. The number of oxazole rings is 1. The van der Waals surface area contributed by atoms with E-state index in [0.29, 0.717) is 17.4 Å². The molecule has 0 saturated heterocycles. The number of rotatable bonds is 7. The van der Waals surface area contributed by atoms with Gasteiger partial charge in [0.1, 0.15) is 11.3 Å². The van der Waals surface area contributed by atoms with E-state index in [1.807, 2.05) is 54.6 Å². The van der Waals surface area contributed by atoms with E-state index in [0.717, 1.165) is 22.8 Å².